The summed E-state index contributed by atoms with van der Waals surface area (Å²) in [4.78, 5) is 21.9. The van der Waals surface area contributed by atoms with Crippen molar-refractivity contribution in [2.45, 2.75) is 39.0 Å². The molecule has 0 N–H and O–H groups in total. The summed E-state index contributed by atoms with van der Waals surface area (Å²) in [5, 5.41) is 21.9. The number of rotatable bonds is 4. The fraction of sp³-hybridized carbons (Fsp3) is 0.800. The highest BCUT2D eigenvalue weighted by Crippen LogP contribution is 2.41. The molecule has 0 aliphatic heterocycles. The second-order valence-corrected chi connectivity index (χ2v) is 3.88. The van der Waals surface area contributed by atoms with Crippen LogP contribution in [0.4, 0.5) is 0 Å². The average molecular weight is 198 g/mol. The van der Waals surface area contributed by atoms with Crippen molar-refractivity contribution in [3.63, 3.8) is 0 Å². The first-order valence-corrected chi connectivity index (χ1v) is 4.98. The molecule has 0 spiro atoms. The van der Waals surface area contributed by atoms with Gasteiger partial charge in [-0.2, -0.15) is 0 Å². The molecule has 1 aliphatic carbocycles. The van der Waals surface area contributed by atoms with Crippen LogP contribution in [0.2, 0.25) is 0 Å². The molecule has 0 aromatic heterocycles. The van der Waals surface area contributed by atoms with Crippen LogP contribution in [0.1, 0.15) is 39.0 Å². The zero-order chi connectivity index (χ0) is 10.8. The summed E-state index contributed by atoms with van der Waals surface area (Å²) in [7, 11) is 0. The van der Waals surface area contributed by atoms with Gasteiger partial charge < -0.3 is 19.8 Å². The van der Waals surface area contributed by atoms with Crippen molar-refractivity contribution in [2.24, 2.45) is 11.3 Å². The van der Waals surface area contributed by atoms with Crippen LogP contribution < -0.4 is 10.2 Å². The van der Waals surface area contributed by atoms with E-state index in [9.17, 15) is 19.8 Å². The van der Waals surface area contributed by atoms with Gasteiger partial charge in [-0.05, 0) is 25.2 Å². The minimum atomic E-state index is -1.77. The molecule has 1 aliphatic rings. The molecule has 4 nitrogen and oxygen atoms in total. The van der Waals surface area contributed by atoms with E-state index >= 15 is 0 Å². The number of hydrogen-bond donors (Lipinski definition) is 0. The minimum absolute atomic E-state index is 0.0440. The molecule has 80 valence electrons. The summed E-state index contributed by atoms with van der Waals surface area (Å²) in [6.07, 6.45) is 3.13. The lowest BCUT2D eigenvalue weighted by Crippen LogP contribution is -2.57. The first kappa shape index (κ1) is 11.0. The lowest BCUT2D eigenvalue weighted by molar-refractivity contribution is -0.347. The van der Waals surface area contributed by atoms with Crippen LogP contribution in [0.3, 0.4) is 0 Å². The van der Waals surface area contributed by atoms with Crippen molar-refractivity contribution >= 4 is 11.9 Å². The molecule has 0 amide bonds. The zero-order valence-corrected chi connectivity index (χ0v) is 8.25. The molecular formula is C10H14O4-2. The molecule has 0 bridgehead atoms. The summed E-state index contributed by atoms with van der Waals surface area (Å²) in [6, 6.07) is 0. The molecule has 0 heterocycles. The predicted molar refractivity (Wildman–Crippen MR) is 44.7 cm³/mol. The summed E-state index contributed by atoms with van der Waals surface area (Å²) >= 11 is 0. The summed E-state index contributed by atoms with van der Waals surface area (Å²) in [5.41, 5.74) is -1.77. The van der Waals surface area contributed by atoms with Crippen molar-refractivity contribution in [3.05, 3.63) is 0 Å². The lowest BCUT2D eigenvalue weighted by atomic mass is 9.72. The van der Waals surface area contributed by atoms with Gasteiger partial charge in [-0.3, -0.25) is 0 Å². The van der Waals surface area contributed by atoms with Crippen LogP contribution in [-0.2, 0) is 9.59 Å². The number of carbonyl (C=O) groups excluding carboxylic acids is 2. The van der Waals surface area contributed by atoms with Gasteiger partial charge in [0.2, 0.25) is 0 Å². The molecule has 14 heavy (non-hydrogen) atoms. The normalized spacial score (nSPS) is 18.4. The van der Waals surface area contributed by atoms with E-state index in [1.54, 1.807) is 6.92 Å². The minimum Gasteiger partial charge on any atom is -0.549 e. The highest BCUT2D eigenvalue weighted by Gasteiger charge is 2.41. The van der Waals surface area contributed by atoms with Gasteiger partial charge in [0.05, 0.1) is 17.4 Å². The van der Waals surface area contributed by atoms with E-state index in [1.807, 2.05) is 0 Å². The third-order valence-electron chi connectivity index (χ3n) is 3.34. The SMILES string of the molecule is CCC(C(=O)[O-])(C(=O)[O-])C1CCCC1. The topological polar surface area (TPSA) is 80.3 Å². The molecule has 0 aromatic rings. The maximum atomic E-state index is 10.9. The molecule has 1 rings (SSSR count). The second-order valence-electron chi connectivity index (χ2n) is 3.88. The van der Waals surface area contributed by atoms with Crippen molar-refractivity contribution < 1.29 is 19.8 Å². The van der Waals surface area contributed by atoms with Gasteiger partial charge in [0, 0.05) is 0 Å². The van der Waals surface area contributed by atoms with E-state index in [-0.39, 0.29) is 12.3 Å². The van der Waals surface area contributed by atoms with Crippen LogP contribution in [-0.4, -0.2) is 11.9 Å². The standard InChI is InChI=1S/C10H16O4/c1-2-10(8(11)12,9(13)14)7-5-3-4-6-7/h7H,2-6H2,1H3,(H,11,12)(H,13,14)/p-2. The fourth-order valence-electron chi connectivity index (χ4n) is 2.41. The Balaban J connectivity index is 2.99. The van der Waals surface area contributed by atoms with E-state index in [4.69, 9.17) is 0 Å². The van der Waals surface area contributed by atoms with Gasteiger partial charge in [-0.1, -0.05) is 19.8 Å². The summed E-state index contributed by atoms with van der Waals surface area (Å²) in [6.45, 7) is 1.56. The van der Waals surface area contributed by atoms with Gasteiger partial charge in [0.25, 0.3) is 0 Å². The first-order chi connectivity index (χ1) is 6.55. The Morgan fingerprint density at radius 1 is 1.21 bits per heavy atom. The van der Waals surface area contributed by atoms with Gasteiger partial charge in [0.1, 0.15) is 0 Å². The van der Waals surface area contributed by atoms with Crippen LogP contribution in [0, 0.1) is 11.3 Å². The van der Waals surface area contributed by atoms with Crippen LogP contribution in [0.5, 0.6) is 0 Å². The number of hydrogen-bond acceptors (Lipinski definition) is 4. The Morgan fingerprint density at radius 3 is 1.93 bits per heavy atom. The Labute approximate surface area is 82.9 Å². The number of aliphatic carboxylic acids is 2. The molecular weight excluding hydrogens is 184 g/mol. The van der Waals surface area contributed by atoms with E-state index < -0.39 is 17.4 Å². The number of carbonyl (C=O) groups is 2. The van der Waals surface area contributed by atoms with Crippen molar-refractivity contribution in [3.8, 4) is 0 Å². The van der Waals surface area contributed by atoms with Crippen molar-refractivity contribution in [2.75, 3.05) is 0 Å². The zero-order valence-electron chi connectivity index (χ0n) is 8.25. The van der Waals surface area contributed by atoms with E-state index in [0.29, 0.717) is 12.8 Å². The van der Waals surface area contributed by atoms with E-state index in [1.165, 1.54) is 0 Å². The van der Waals surface area contributed by atoms with Gasteiger partial charge >= 0.3 is 0 Å². The highest BCUT2D eigenvalue weighted by atomic mass is 16.4. The second kappa shape index (κ2) is 3.98. The monoisotopic (exact) mass is 198 g/mol. The molecule has 0 unspecified atom stereocenters. The molecule has 0 saturated heterocycles. The average Bonchev–Trinajstić information content (AvgIpc) is 2.58. The fourth-order valence-corrected chi connectivity index (χ4v) is 2.41. The maximum absolute atomic E-state index is 10.9. The molecule has 0 atom stereocenters. The van der Waals surface area contributed by atoms with Crippen LogP contribution in [0.15, 0.2) is 0 Å². The van der Waals surface area contributed by atoms with Crippen molar-refractivity contribution in [1.82, 2.24) is 0 Å². The molecule has 0 radical (unpaired) electrons. The van der Waals surface area contributed by atoms with Gasteiger partial charge in [0.15, 0.2) is 0 Å². The lowest BCUT2D eigenvalue weighted by Gasteiger charge is -2.40. The Bertz CT molecular complexity index is 227. The van der Waals surface area contributed by atoms with E-state index in [2.05, 4.69) is 0 Å². The largest absolute Gasteiger partial charge is 0.549 e. The Kier molecular flexibility index (Phi) is 3.13. The Hall–Kier alpha value is -1.06. The number of carboxylic acids is 2. The van der Waals surface area contributed by atoms with Crippen molar-refractivity contribution in [1.29, 1.82) is 0 Å². The molecule has 1 fully saturated rings. The molecule has 0 aromatic carbocycles. The first-order valence-electron chi connectivity index (χ1n) is 4.98. The van der Waals surface area contributed by atoms with E-state index in [0.717, 1.165) is 12.8 Å². The molecule has 4 heteroatoms. The smallest absolute Gasteiger partial charge is 0.0535 e. The Morgan fingerprint density at radius 2 is 1.64 bits per heavy atom. The predicted octanol–water partition coefficient (Wildman–Crippen LogP) is -0.927. The number of carboxylic acid groups (broad SMARTS) is 2. The third kappa shape index (κ3) is 1.49. The summed E-state index contributed by atoms with van der Waals surface area (Å²) in [5.74, 6) is -3.30. The van der Waals surface area contributed by atoms with Crippen LogP contribution in [0.25, 0.3) is 0 Å². The maximum Gasteiger partial charge on any atom is 0.0535 e. The summed E-state index contributed by atoms with van der Waals surface area (Å²) < 4.78 is 0. The van der Waals surface area contributed by atoms with Gasteiger partial charge in [-0.25, -0.2) is 0 Å². The third-order valence-corrected chi connectivity index (χ3v) is 3.34. The molecule has 1 saturated carbocycles. The quantitative estimate of drug-likeness (QED) is 0.547. The van der Waals surface area contributed by atoms with Crippen LogP contribution >= 0.6 is 0 Å². The van der Waals surface area contributed by atoms with Gasteiger partial charge in [-0.15, -0.1) is 0 Å². The highest BCUT2D eigenvalue weighted by molar-refractivity contribution is 5.96.